The van der Waals surface area contributed by atoms with Crippen LogP contribution in [-0.2, 0) is 11.2 Å². The molecule has 2 atom stereocenters. The Kier molecular flexibility index (Phi) is 3.79. The Morgan fingerprint density at radius 3 is 2.83 bits per heavy atom. The molecule has 1 N–H and O–H groups in total. The van der Waals surface area contributed by atoms with E-state index in [1.165, 1.54) is 6.07 Å². The number of hydrogen-bond donors (Lipinski definition) is 1. The fourth-order valence-electron chi connectivity index (χ4n) is 3.10. The normalized spacial score (nSPS) is 20.6. The Morgan fingerprint density at radius 1 is 1.48 bits per heavy atom. The number of amides is 1. The molecule has 2 aromatic rings. The van der Waals surface area contributed by atoms with E-state index in [1.54, 1.807) is 0 Å². The molecule has 3 rings (SSSR count). The molecule has 0 saturated heterocycles. The van der Waals surface area contributed by atoms with Crippen molar-refractivity contribution in [2.24, 2.45) is 0 Å². The maximum absolute atomic E-state index is 14.0. The molecule has 2 heterocycles. The number of carbonyl (C=O) groups excluding carboxylic acids is 1. The van der Waals surface area contributed by atoms with Gasteiger partial charge < -0.3 is 14.6 Å². The van der Waals surface area contributed by atoms with Crippen molar-refractivity contribution >= 4 is 28.6 Å². The average Bonchev–Trinajstić information content (AvgIpc) is 2.85. The van der Waals surface area contributed by atoms with E-state index in [0.29, 0.717) is 11.8 Å². The molecule has 0 unspecified atom stereocenters. The Balaban J connectivity index is 1.91. The molecule has 1 amide bonds. The van der Waals surface area contributed by atoms with Crippen molar-refractivity contribution in [1.29, 1.82) is 0 Å². The smallest absolute Gasteiger partial charge is 0.407 e. The first-order valence-electron chi connectivity index (χ1n) is 7.64. The van der Waals surface area contributed by atoms with Crippen LogP contribution in [0.2, 0.25) is 5.02 Å². The van der Waals surface area contributed by atoms with E-state index in [-0.39, 0.29) is 17.1 Å². The monoisotopic (exact) mass is 338 g/mol. The molecular formula is C17H20ClFN2O2. The Morgan fingerprint density at radius 2 is 2.17 bits per heavy atom. The summed E-state index contributed by atoms with van der Waals surface area (Å²) in [7, 11) is 0. The van der Waals surface area contributed by atoms with Gasteiger partial charge in [-0.2, -0.15) is 0 Å². The molecule has 124 valence electrons. The van der Waals surface area contributed by atoms with E-state index in [9.17, 15) is 9.18 Å². The van der Waals surface area contributed by atoms with Gasteiger partial charge in [0.15, 0.2) is 0 Å². The van der Waals surface area contributed by atoms with Crippen LogP contribution in [0.25, 0.3) is 10.9 Å². The zero-order chi connectivity index (χ0) is 16.9. The third-order valence-electron chi connectivity index (χ3n) is 4.13. The molecule has 4 nitrogen and oxygen atoms in total. The van der Waals surface area contributed by atoms with E-state index < -0.39 is 17.5 Å². The minimum absolute atomic E-state index is 0.0223. The number of alkyl carbamates (subject to hydrolysis) is 1. The van der Waals surface area contributed by atoms with Gasteiger partial charge in [0.25, 0.3) is 0 Å². The number of nitrogens with zero attached hydrogens (tertiary/aromatic N) is 1. The standard InChI is InChI=1S/C17H20ClFN2O2/c1-9-13(20-16(22)23-17(2,3)4)8-10-7-12(19)14(18)11-5-6-21(9)15(10)11/h5-7,9,13H,8H2,1-4H3,(H,20,22)/t9-,13-/m0/s1. The molecule has 0 spiro atoms. The topological polar surface area (TPSA) is 43.3 Å². The van der Waals surface area contributed by atoms with Crippen molar-refractivity contribution in [1.82, 2.24) is 9.88 Å². The van der Waals surface area contributed by atoms with E-state index in [2.05, 4.69) is 5.32 Å². The van der Waals surface area contributed by atoms with Gasteiger partial charge in [0.2, 0.25) is 0 Å². The lowest BCUT2D eigenvalue weighted by molar-refractivity contribution is 0.0488. The summed E-state index contributed by atoms with van der Waals surface area (Å²) in [5, 5.41) is 3.75. The summed E-state index contributed by atoms with van der Waals surface area (Å²) in [5.74, 6) is -0.433. The van der Waals surface area contributed by atoms with Crippen LogP contribution < -0.4 is 5.32 Å². The van der Waals surface area contributed by atoms with Gasteiger partial charge in [0, 0.05) is 11.6 Å². The maximum Gasteiger partial charge on any atom is 0.407 e. The molecule has 1 aromatic heterocycles. The van der Waals surface area contributed by atoms with Crippen LogP contribution in [0, 0.1) is 5.82 Å². The van der Waals surface area contributed by atoms with Crippen LogP contribution in [0.1, 0.15) is 39.3 Å². The highest BCUT2D eigenvalue weighted by Gasteiger charge is 2.31. The third-order valence-corrected chi connectivity index (χ3v) is 4.51. The zero-order valence-electron chi connectivity index (χ0n) is 13.6. The zero-order valence-corrected chi connectivity index (χ0v) is 14.4. The summed E-state index contributed by atoms with van der Waals surface area (Å²) in [5.41, 5.74) is 1.22. The molecule has 0 fully saturated rings. The lowest BCUT2D eigenvalue weighted by Crippen LogP contribution is -2.45. The number of ether oxygens (including phenoxy) is 1. The summed E-state index contributed by atoms with van der Waals surface area (Å²) in [4.78, 5) is 12.0. The first-order valence-corrected chi connectivity index (χ1v) is 8.02. The lowest BCUT2D eigenvalue weighted by Gasteiger charge is -2.33. The van der Waals surface area contributed by atoms with Crippen LogP contribution >= 0.6 is 11.6 Å². The molecule has 0 aliphatic carbocycles. The number of benzene rings is 1. The number of carbonyl (C=O) groups is 1. The minimum Gasteiger partial charge on any atom is -0.444 e. The number of rotatable bonds is 1. The first-order chi connectivity index (χ1) is 10.7. The number of aromatic nitrogens is 1. The molecule has 0 radical (unpaired) electrons. The minimum atomic E-state index is -0.555. The molecule has 6 heteroatoms. The second-order valence-electron chi connectivity index (χ2n) is 7.01. The van der Waals surface area contributed by atoms with Crippen LogP contribution in [0.4, 0.5) is 9.18 Å². The summed E-state index contributed by atoms with van der Waals surface area (Å²) < 4.78 is 21.3. The second kappa shape index (κ2) is 5.41. The summed E-state index contributed by atoms with van der Waals surface area (Å²) in [6.07, 6.45) is 1.96. The Hall–Kier alpha value is -1.75. The van der Waals surface area contributed by atoms with Gasteiger partial charge in [-0.25, -0.2) is 9.18 Å². The molecule has 1 aliphatic heterocycles. The fraction of sp³-hybridized carbons (Fsp3) is 0.471. The van der Waals surface area contributed by atoms with Crippen molar-refractivity contribution in [2.75, 3.05) is 0 Å². The molecular weight excluding hydrogens is 319 g/mol. The van der Waals surface area contributed by atoms with Gasteiger partial charge in [-0.1, -0.05) is 11.6 Å². The number of nitrogens with one attached hydrogen (secondary N) is 1. The highest BCUT2D eigenvalue weighted by molar-refractivity contribution is 6.35. The molecule has 23 heavy (non-hydrogen) atoms. The summed E-state index contributed by atoms with van der Waals surface area (Å²) >= 11 is 6.06. The number of hydrogen-bond acceptors (Lipinski definition) is 2. The fourth-order valence-corrected chi connectivity index (χ4v) is 3.31. The van der Waals surface area contributed by atoms with Crippen LogP contribution in [-0.4, -0.2) is 22.3 Å². The van der Waals surface area contributed by atoms with Crippen molar-refractivity contribution in [3.8, 4) is 0 Å². The van der Waals surface area contributed by atoms with E-state index in [4.69, 9.17) is 16.3 Å². The van der Waals surface area contributed by atoms with Gasteiger partial charge in [-0.3, -0.25) is 0 Å². The average molecular weight is 339 g/mol. The van der Waals surface area contributed by atoms with E-state index >= 15 is 0 Å². The number of halogens is 2. The van der Waals surface area contributed by atoms with Gasteiger partial charge in [-0.15, -0.1) is 0 Å². The van der Waals surface area contributed by atoms with Gasteiger partial charge in [0.1, 0.15) is 11.4 Å². The summed E-state index contributed by atoms with van der Waals surface area (Å²) in [6.45, 7) is 7.47. The molecule has 0 bridgehead atoms. The summed E-state index contributed by atoms with van der Waals surface area (Å²) in [6, 6.07) is 3.12. The van der Waals surface area contributed by atoms with Crippen molar-refractivity contribution in [3.63, 3.8) is 0 Å². The van der Waals surface area contributed by atoms with Crippen molar-refractivity contribution in [2.45, 2.75) is 51.8 Å². The highest BCUT2D eigenvalue weighted by Crippen LogP contribution is 2.37. The van der Waals surface area contributed by atoms with Crippen LogP contribution in [0.5, 0.6) is 0 Å². The maximum atomic E-state index is 14.0. The molecule has 0 saturated carbocycles. The largest absolute Gasteiger partial charge is 0.444 e. The van der Waals surface area contributed by atoms with Gasteiger partial charge in [-0.05, 0) is 51.8 Å². The van der Waals surface area contributed by atoms with Crippen molar-refractivity contribution < 1.29 is 13.9 Å². The molecule has 1 aromatic carbocycles. The van der Waals surface area contributed by atoms with Crippen molar-refractivity contribution in [3.05, 3.63) is 34.7 Å². The quantitative estimate of drug-likeness (QED) is 0.835. The van der Waals surface area contributed by atoms with Gasteiger partial charge in [0.05, 0.1) is 22.6 Å². The second-order valence-corrected chi connectivity index (χ2v) is 7.39. The Labute approximate surface area is 139 Å². The predicted octanol–water partition coefficient (Wildman–Crippen LogP) is 4.44. The third kappa shape index (κ3) is 2.90. The van der Waals surface area contributed by atoms with E-state index in [0.717, 1.165) is 11.1 Å². The Bertz CT molecular complexity index is 779. The highest BCUT2D eigenvalue weighted by atomic mass is 35.5. The predicted molar refractivity (Wildman–Crippen MR) is 88.5 cm³/mol. The van der Waals surface area contributed by atoms with Crippen LogP contribution in [0.3, 0.4) is 0 Å². The SMILES string of the molecule is C[C@H]1[C@@H](NC(=O)OC(C)(C)C)Cc2cc(F)c(Cl)c3ccn1c23. The van der Waals surface area contributed by atoms with Crippen LogP contribution in [0.15, 0.2) is 18.3 Å². The van der Waals surface area contributed by atoms with E-state index in [1.807, 2.05) is 44.5 Å². The lowest BCUT2D eigenvalue weighted by atomic mass is 9.94. The first kappa shape index (κ1) is 16.1. The molecule has 1 aliphatic rings. The van der Waals surface area contributed by atoms with Gasteiger partial charge >= 0.3 is 6.09 Å².